The highest BCUT2D eigenvalue weighted by atomic mass is 32.1. The van der Waals surface area contributed by atoms with E-state index in [9.17, 15) is 24.0 Å². The first kappa shape index (κ1) is 26.7. The Bertz CT molecular complexity index is 1060. The molecule has 0 aliphatic carbocycles. The number of aromatic amines is 1. The molecular weight excluding hydrogens is 466 g/mol. The normalized spacial score (nSPS) is 13.5. The second-order valence-corrected chi connectivity index (χ2v) is 7.89. The standard InChI is InChI=1S/C21H27N5O7S/c22-13(7-11-8-23-14-4-2-1-3-12(11)14)19(30)26-15(5-6-18(28)29)20(31)24-9-17(27)25-16(10-34)21(32)33/h1-4,8,13,15-16,23,34H,5-7,9-10,22H2,(H,24,31)(H,25,27)(H,26,30)(H,28,29)(H,32,33). The molecule has 184 valence electrons. The molecule has 3 amide bonds. The second-order valence-electron chi connectivity index (χ2n) is 7.52. The molecule has 1 aromatic carbocycles. The Labute approximate surface area is 200 Å². The van der Waals surface area contributed by atoms with E-state index in [0.717, 1.165) is 16.5 Å². The number of hydrogen-bond donors (Lipinski definition) is 8. The smallest absolute Gasteiger partial charge is 0.327 e. The number of carboxylic acids is 2. The lowest BCUT2D eigenvalue weighted by Crippen LogP contribution is -2.54. The van der Waals surface area contributed by atoms with Crippen LogP contribution in [0.3, 0.4) is 0 Å². The van der Waals surface area contributed by atoms with Gasteiger partial charge in [0, 0.05) is 29.3 Å². The van der Waals surface area contributed by atoms with Crippen molar-refractivity contribution in [2.24, 2.45) is 5.73 Å². The molecule has 2 rings (SSSR count). The molecule has 0 saturated heterocycles. The Balaban J connectivity index is 1.98. The predicted octanol–water partition coefficient (Wildman–Crippen LogP) is -0.997. The van der Waals surface area contributed by atoms with Gasteiger partial charge in [-0.25, -0.2) is 4.79 Å². The Morgan fingerprint density at radius 2 is 1.74 bits per heavy atom. The van der Waals surface area contributed by atoms with Crippen molar-refractivity contribution >= 4 is 53.2 Å². The molecule has 1 aromatic heterocycles. The van der Waals surface area contributed by atoms with Crippen molar-refractivity contribution in [3.63, 3.8) is 0 Å². The van der Waals surface area contributed by atoms with Gasteiger partial charge in [0.25, 0.3) is 0 Å². The van der Waals surface area contributed by atoms with Crippen LogP contribution in [0.1, 0.15) is 18.4 Å². The van der Waals surface area contributed by atoms with Gasteiger partial charge < -0.3 is 36.9 Å². The first-order valence-electron chi connectivity index (χ1n) is 10.4. The topological polar surface area (TPSA) is 204 Å². The fourth-order valence-electron chi connectivity index (χ4n) is 3.17. The van der Waals surface area contributed by atoms with Crippen molar-refractivity contribution < 1.29 is 34.2 Å². The van der Waals surface area contributed by atoms with Crippen LogP contribution >= 0.6 is 12.6 Å². The molecule has 13 heteroatoms. The molecular formula is C21H27N5O7S. The number of benzene rings is 1. The zero-order valence-electron chi connectivity index (χ0n) is 18.1. The lowest BCUT2D eigenvalue weighted by atomic mass is 10.0. The number of carbonyl (C=O) groups is 5. The number of hydrogen-bond acceptors (Lipinski definition) is 7. The first-order valence-corrected chi connectivity index (χ1v) is 11.0. The minimum absolute atomic E-state index is 0.152. The highest BCUT2D eigenvalue weighted by molar-refractivity contribution is 7.80. The maximum Gasteiger partial charge on any atom is 0.327 e. The van der Waals surface area contributed by atoms with Crippen LogP contribution in [-0.4, -0.2) is 75.3 Å². The van der Waals surface area contributed by atoms with Gasteiger partial charge in [-0.05, 0) is 24.5 Å². The van der Waals surface area contributed by atoms with E-state index >= 15 is 0 Å². The van der Waals surface area contributed by atoms with E-state index < -0.39 is 60.8 Å². The number of amides is 3. The number of aromatic nitrogens is 1. The minimum Gasteiger partial charge on any atom is -0.481 e. The monoisotopic (exact) mass is 493 g/mol. The lowest BCUT2D eigenvalue weighted by molar-refractivity contribution is -0.141. The molecule has 34 heavy (non-hydrogen) atoms. The number of rotatable bonds is 13. The highest BCUT2D eigenvalue weighted by Gasteiger charge is 2.26. The third-order valence-corrected chi connectivity index (χ3v) is 5.34. The first-order chi connectivity index (χ1) is 16.1. The molecule has 0 aliphatic rings. The van der Waals surface area contributed by atoms with Crippen molar-refractivity contribution in [3.8, 4) is 0 Å². The SMILES string of the molecule is NC(Cc1c[nH]c2ccccc12)C(=O)NC(CCC(=O)O)C(=O)NCC(=O)NC(CS)C(=O)O. The van der Waals surface area contributed by atoms with Crippen LogP contribution < -0.4 is 21.7 Å². The molecule has 0 radical (unpaired) electrons. The van der Waals surface area contributed by atoms with Crippen molar-refractivity contribution in [2.45, 2.75) is 37.4 Å². The molecule has 0 fully saturated rings. The molecule has 1 heterocycles. The summed E-state index contributed by atoms with van der Waals surface area (Å²) in [6.45, 7) is -0.572. The van der Waals surface area contributed by atoms with Gasteiger partial charge in [0.1, 0.15) is 12.1 Å². The molecule has 3 atom stereocenters. The van der Waals surface area contributed by atoms with E-state index in [-0.39, 0.29) is 18.6 Å². The Hall–Kier alpha value is -3.58. The van der Waals surface area contributed by atoms with Gasteiger partial charge >= 0.3 is 11.9 Å². The van der Waals surface area contributed by atoms with Gasteiger partial charge in [-0.1, -0.05) is 18.2 Å². The predicted molar refractivity (Wildman–Crippen MR) is 125 cm³/mol. The van der Waals surface area contributed by atoms with E-state index in [1.54, 1.807) is 6.20 Å². The largest absolute Gasteiger partial charge is 0.481 e. The maximum absolute atomic E-state index is 12.6. The molecule has 8 N–H and O–H groups in total. The lowest BCUT2D eigenvalue weighted by Gasteiger charge is -2.20. The summed E-state index contributed by atoms with van der Waals surface area (Å²) in [7, 11) is 0. The van der Waals surface area contributed by atoms with E-state index in [1.165, 1.54) is 0 Å². The number of carbonyl (C=O) groups excluding carboxylic acids is 3. The molecule has 2 aromatic rings. The number of carboxylic acid groups (broad SMARTS) is 2. The molecule has 0 saturated carbocycles. The van der Waals surface area contributed by atoms with E-state index in [2.05, 4.69) is 33.6 Å². The summed E-state index contributed by atoms with van der Waals surface area (Å²) >= 11 is 3.83. The fourth-order valence-corrected chi connectivity index (χ4v) is 3.41. The molecule has 3 unspecified atom stereocenters. The zero-order valence-corrected chi connectivity index (χ0v) is 19.0. The van der Waals surface area contributed by atoms with Gasteiger partial charge in [0.2, 0.25) is 17.7 Å². The van der Waals surface area contributed by atoms with Gasteiger partial charge in [-0.2, -0.15) is 12.6 Å². The van der Waals surface area contributed by atoms with Crippen molar-refractivity contribution in [1.29, 1.82) is 0 Å². The number of fused-ring (bicyclic) bond motifs is 1. The molecule has 0 bridgehead atoms. The number of nitrogens with two attached hydrogens (primary N) is 1. The van der Waals surface area contributed by atoms with Crippen LogP contribution in [0.15, 0.2) is 30.5 Å². The van der Waals surface area contributed by atoms with Crippen LogP contribution in [0.2, 0.25) is 0 Å². The fraction of sp³-hybridized carbons (Fsp3) is 0.381. The number of para-hydroxylation sites is 1. The Kier molecular flexibility index (Phi) is 9.89. The summed E-state index contributed by atoms with van der Waals surface area (Å²) in [6, 6.07) is 3.95. The van der Waals surface area contributed by atoms with E-state index in [0.29, 0.717) is 0 Å². The number of H-pyrrole nitrogens is 1. The number of aliphatic carboxylic acids is 2. The summed E-state index contributed by atoms with van der Waals surface area (Å²) in [4.78, 5) is 62.1. The van der Waals surface area contributed by atoms with Crippen LogP contribution in [0, 0.1) is 0 Å². The second kappa shape index (κ2) is 12.6. The van der Waals surface area contributed by atoms with Crippen LogP contribution in [0.5, 0.6) is 0 Å². The zero-order chi connectivity index (χ0) is 25.3. The van der Waals surface area contributed by atoms with Crippen LogP contribution in [0.25, 0.3) is 10.9 Å². The minimum atomic E-state index is -1.29. The Morgan fingerprint density at radius 1 is 1.03 bits per heavy atom. The number of nitrogens with one attached hydrogen (secondary N) is 4. The van der Waals surface area contributed by atoms with Crippen molar-refractivity contribution in [3.05, 3.63) is 36.0 Å². The van der Waals surface area contributed by atoms with Gasteiger partial charge in [0.15, 0.2) is 0 Å². The van der Waals surface area contributed by atoms with Crippen LogP contribution in [-0.2, 0) is 30.4 Å². The summed E-state index contributed by atoms with van der Waals surface area (Å²) in [5.74, 6) is -4.87. The van der Waals surface area contributed by atoms with Crippen LogP contribution in [0.4, 0.5) is 0 Å². The van der Waals surface area contributed by atoms with Gasteiger partial charge in [-0.3, -0.25) is 19.2 Å². The molecule has 0 spiro atoms. The third kappa shape index (κ3) is 7.78. The van der Waals surface area contributed by atoms with Gasteiger partial charge in [0.05, 0.1) is 12.6 Å². The summed E-state index contributed by atoms with van der Waals surface area (Å²) in [5.41, 5.74) is 7.71. The molecule has 12 nitrogen and oxygen atoms in total. The maximum atomic E-state index is 12.6. The van der Waals surface area contributed by atoms with Crippen molar-refractivity contribution in [2.75, 3.05) is 12.3 Å². The summed E-state index contributed by atoms with van der Waals surface area (Å²) < 4.78 is 0. The summed E-state index contributed by atoms with van der Waals surface area (Å²) in [5, 5.41) is 25.7. The molecule has 0 aliphatic heterocycles. The number of thiol groups is 1. The summed E-state index contributed by atoms with van der Waals surface area (Å²) in [6.07, 6.45) is 1.26. The van der Waals surface area contributed by atoms with E-state index in [1.807, 2.05) is 24.3 Å². The van der Waals surface area contributed by atoms with Crippen molar-refractivity contribution in [1.82, 2.24) is 20.9 Å². The van der Waals surface area contributed by atoms with Gasteiger partial charge in [-0.15, -0.1) is 0 Å². The third-order valence-electron chi connectivity index (χ3n) is 4.97. The highest BCUT2D eigenvalue weighted by Crippen LogP contribution is 2.18. The van der Waals surface area contributed by atoms with E-state index in [4.69, 9.17) is 15.9 Å². The Morgan fingerprint density at radius 3 is 2.38 bits per heavy atom. The quantitative estimate of drug-likeness (QED) is 0.162. The average Bonchev–Trinajstić information content (AvgIpc) is 3.20. The average molecular weight is 494 g/mol.